The summed E-state index contributed by atoms with van der Waals surface area (Å²) >= 11 is 1.72. The first-order chi connectivity index (χ1) is 5.83. The lowest BCUT2D eigenvalue weighted by atomic mass is 10.2. The number of hydrogen-bond donors (Lipinski definition) is 1. The van der Waals surface area contributed by atoms with Crippen molar-refractivity contribution in [2.24, 2.45) is 0 Å². The van der Waals surface area contributed by atoms with Crippen molar-refractivity contribution in [3.8, 4) is 0 Å². The fourth-order valence-corrected chi connectivity index (χ4v) is 2.27. The Morgan fingerprint density at radius 2 is 2.25 bits per heavy atom. The molecule has 12 heavy (non-hydrogen) atoms. The van der Waals surface area contributed by atoms with E-state index < -0.39 is 0 Å². The molecule has 1 saturated heterocycles. The molecule has 0 saturated carbocycles. The van der Waals surface area contributed by atoms with Crippen LogP contribution >= 0.6 is 11.8 Å². The molecule has 0 aromatic rings. The summed E-state index contributed by atoms with van der Waals surface area (Å²) in [4.78, 5) is 10.8. The summed E-state index contributed by atoms with van der Waals surface area (Å²) in [6.07, 6.45) is 2.34. The lowest BCUT2D eigenvalue weighted by molar-refractivity contribution is -0.137. The van der Waals surface area contributed by atoms with E-state index in [1.54, 1.807) is 11.8 Å². The number of rotatable bonds is 3. The molecule has 0 amide bonds. The molecule has 0 aromatic heterocycles. The standard InChI is InChI=1S/C8H15NO2S/c1-11-8(10)6-12-7-2-4-9-5-3-7/h7,9H,2-6H2,1H3. The quantitative estimate of drug-likeness (QED) is 0.661. The highest BCUT2D eigenvalue weighted by Gasteiger charge is 2.14. The lowest BCUT2D eigenvalue weighted by Crippen LogP contribution is -2.29. The summed E-state index contributed by atoms with van der Waals surface area (Å²) in [6, 6.07) is 0. The maximum atomic E-state index is 10.8. The third-order valence-corrected chi connectivity index (χ3v) is 3.30. The molecule has 1 aliphatic rings. The second-order valence-electron chi connectivity index (χ2n) is 2.84. The van der Waals surface area contributed by atoms with Gasteiger partial charge in [0, 0.05) is 5.25 Å². The fraction of sp³-hybridized carbons (Fsp3) is 0.875. The summed E-state index contributed by atoms with van der Waals surface area (Å²) in [6.45, 7) is 2.16. The van der Waals surface area contributed by atoms with Crippen LogP contribution in [0.25, 0.3) is 0 Å². The van der Waals surface area contributed by atoms with Crippen LogP contribution in [0.1, 0.15) is 12.8 Å². The van der Waals surface area contributed by atoms with Crippen LogP contribution in [0.5, 0.6) is 0 Å². The lowest BCUT2D eigenvalue weighted by Gasteiger charge is -2.21. The first-order valence-corrected chi connectivity index (χ1v) is 5.27. The molecule has 0 aliphatic carbocycles. The van der Waals surface area contributed by atoms with Gasteiger partial charge in [-0.2, -0.15) is 0 Å². The second kappa shape index (κ2) is 5.43. The highest BCUT2D eigenvalue weighted by molar-refractivity contribution is 8.00. The average molecular weight is 189 g/mol. The van der Waals surface area contributed by atoms with Crippen LogP contribution in [0.2, 0.25) is 0 Å². The molecule has 0 unspecified atom stereocenters. The minimum atomic E-state index is -0.112. The molecule has 0 radical (unpaired) electrons. The monoisotopic (exact) mass is 189 g/mol. The summed E-state index contributed by atoms with van der Waals surface area (Å²) < 4.78 is 4.57. The predicted octanol–water partition coefficient (Wildman–Crippen LogP) is 0.645. The van der Waals surface area contributed by atoms with E-state index in [1.807, 2.05) is 0 Å². The van der Waals surface area contributed by atoms with E-state index in [9.17, 15) is 4.79 Å². The SMILES string of the molecule is COC(=O)CSC1CCNCC1. The molecule has 4 heteroatoms. The van der Waals surface area contributed by atoms with Crippen LogP contribution in [0, 0.1) is 0 Å². The van der Waals surface area contributed by atoms with Crippen LogP contribution < -0.4 is 5.32 Å². The number of thioether (sulfide) groups is 1. The number of hydrogen-bond acceptors (Lipinski definition) is 4. The van der Waals surface area contributed by atoms with E-state index in [4.69, 9.17) is 0 Å². The van der Waals surface area contributed by atoms with Crippen molar-refractivity contribution in [3.05, 3.63) is 0 Å². The van der Waals surface area contributed by atoms with Gasteiger partial charge in [-0.3, -0.25) is 4.79 Å². The largest absolute Gasteiger partial charge is 0.468 e. The highest BCUT2D eigenvalue weighted by Crippen LogP contribution is 2.19. The number of methoxy groups -OCH3 is 1. The minimum Gasteiger partial charge on any atom is -0.468 e. The molecule has 0 bridgehead atoms. The highest BCUT2D eigenvalue weighted by atomic mass is 32.2. The van der Waals surface area contributed by atoms with Gasteiger partial charge in [0.05, 0.1) is 12.9 Å². The third kappa shape index (κ3) is 3.45. The van der Waals surface area contributed by atoms with E-state index in [-0.39, 0.29) is 5.97 Å². The zero-order valence-electron chi connectivity index (χ0n) is 7.34. The topological polar surface area (TPSA) is 38.3 Å². The van der Waals surface area contributed by atoms with Crippen LogP contribution in [0.3, 0.4) is 0 Å². The van der Waals surface area contributed by atoms with Crippen molar-refractivity contribution in [2.75, 3.05) is 26.0 Å². The smallest absolute Gasteiger partial charge is 0.315 e. The predicted molar refractivity (Wildman–Crippen MR) is 50.4 cm³/mol. The summed E-state index contributed by atoms with van der Waals surface area (Å²) in [5.41, 5.74) is 0. The van der Waals surface area contributed by atoms with Gasteiger partial charge in [-0.05, 0) is 25.9 Å². The van der Waals surface area contributed by atoms with Gasteiger partial charge >= 0.3 is 5.97 Å². The Morgan fingerprint density at radius 1 is 1.58 bits per heavy atom. The van der Waals surface area contributed by atoms with Crippen molar-refractivity contribution in [1.29, 1.82) is 0 Å². The number of ether oxygens (including phenoxy) is 1. The Labute approximate surface area is 77.2 Å². The summed E-state index contributed by atoms with van der Waals surface area (Å²) in [7, 11) is 1.44. The van der Waals surface area contributed by atoms with Crippen molar-refractivity contribution < 1.29 is 9.53 Å². The third-order valence-electron chi connectivity index (χ3n) is 1.95. The van der Waals surface area contributed by atoms with Gasteiger partial charge < -0.3 is 10.1 Å². The molecule has 0 atom stereocenters. The molecular weight excluding hydrogens is 174 g/mol. The van der Waals surface area contributed by atoms with E-state index in [0.29, 0.717) is 11.0 Å². The van der Waals surface area contributed by atoms with E-state index in [2.05, 4.69) is 10.1 Å². The minimum absolute atomic E-state index is 0.112. The molecule has 0 spiro atoms. The van der Waals surface area contributed by atoms with Crippen LogP contribution in [-0.4, -0.2) is 37.2 Å². The van der Waals surface area contributed by atoms with Gasteiger partial charge in [0.1, 0.15) is 0 Å². The maximum absolute atomic E-state index is 10.8. The van der Waals surface area contributed by atoms with Crippen molar-refractivity contribution in [2.45, 2.75) is 18.1 Å². The van der Waals surface area contributed by atoms with Crippen molar-refractivity contribution in [1.82, 2.24) is 5.32 Å². The Kier molecular flexibility index (Phi) is 4.46. The van der Waals surface area contributed by atoms with Crippen molar-refractivity contribution >= 4 is 17.7 Å². The fourth-order valence-electron chi connectivity index (χ4n) is 1.21. The number of nitrogens with one attached hydrogen (secondary N) is 1. The van der Waals surface area contributed by atoms with Gasteiger partial charge in [-0.1, -0.05) is 0 Å². The molecule has 1 heterocycles. The molecular formula is C8H15NO2S. The molecule has 0 aromatic carbocycles. The Hall–Kier alpha value is -0.220. The molecule has 1 fully saturated rings. The van der Waals surface area contributed by atoms with Gasteiger partial charge in [-0.25, -0.2) is 0 Å². The van der Waals surface area contributed by atoms with Crippen LogP contribution in [0.15, 0.2) is 0 Å². The molecule has 1 rings (SSSR count). The van der Waals surface area contributed by atoms with Gasteiger partial charge in [0.2, 0.25) is 0 Å². The molecule has 70 valence electrons. The van der Waals surface area contributed by atoms with Gasteiger partial charge in [0.25, 0.3) is 0 Å². The van der Waals surface area contributed by atoms with Gasteiger partial charge in [-0.15, -0.1) is 11.8 Å². The van der Waals surface area contributed by atoms with Crippen LogP contribution in [0.4, 0.5) is 0 Å². The van der Waals surface area contributed by atoms with Gasteiger partial charge in [0.15, 0.2) is 0 Å². The Balaban J connectivity index is 2.09. The second-order valence-corrected chi connectivity index (χ2v) is 4.13. The number of carbonyl (C=O) groups excluding carboxylic acids is 1. The zero-order chi connectivity index (χ0) is 8.81. The van der Waals surface area contributed by atoms with E-state index in [0.717, 1.165) is 13.1 Å². The Bertz CT molecular complexity index is 146. The average Bonchev–Trinajstić information content (AvgIpc) is 2.16. The van der Waals surface area contributed by atoms with E-state index >= 15 is 0 Å². The number of esters is 1. The summed E-state index contributed by atoms with van der Waals surface area (Å²) in [5, 5.41) is 3.93. The number of piperidine rings is 1. The normalized spacial score (nSPS) is 19.1. The first-order valence-electron chi connectivity index (χ1n) is 4.22. The maximum Gasteiger partial charge on any atom is 0.315 e. The first kappa shape index (κ1) is 9.86. The summed E-state index contributed by atoms with van der Waals surface area (Å²) in [5.74, 6) is 0.389. The number of carbonyl (C=O) groups is 1. The van der Waals surface area contributed by atoms with Crippen molar-refractivity contribution in [3.63, 3.8) is 0 Å². The van der Waals surface area contributed by atoms with Crippen LogP contribution in [-0.2, 0) is 9.53 Å². The molecule has 1 aliphatic heterocycles. The Morgan fingerprint density at radius 3 is 2.83 bits per heavy atom. The van der Waals surface area contributed by atoms with E-state index in [1.165, 1.54) is 20.0 Å². The molecule has 1 N–H and O–H groups in total. The molecule has 3 nitrogen and oxygen atoms in total. The zero-order valence-corrected chi connectivity index (χ0v) is 8.15.